The smallest absolute Gasteiger partial charge is 0.248 e. The first-order valence-electron chi connectivity index (χ1n) is 6.35. The maximum Gasteiger partial charge on any atom is 0.248 e. The SMILES string of the molecule is CC=CC(=CCCCCCCCC)C(N)=O. The Bertz CT molecular complexity index is 241. The number of amides is 1. The minimum Gasteiger partial charge on any atom is -0.366 e. The largest absolute Gasteiger partial charge is 0.366 e. The second kappa shape index (κ2) is 10.5. The van der Waals surface area contributed by atoms with Crippen molar-refractivity contribution < 1.29 is 4.79 Å². The fraction of sp³-hybridized carbons (Fsp3) is 0.643. The molecule has 0 bridgehead atoms. The number of nitrogens with two attached hydrogens (primary N) is 1. The van der Waals surface area contributed by atoms with Crippen LogP contribution in [-0.4, -0.2) is 5.91 Å². The highest BCUT2D eigenvalue weighted by molar-refractivity contribution is 5.94. The van der Waals surface area contributed by atoms with Crippen LogP contribution in [0.4, 0.5) is 0 Å². The topological polar surface area (TPSA) is 43.1 Å². The summed E-state index contributed by atoms with van der Waals surface area (Å²) in [6.07, 6.45) is 14.2. The molecule has 0 rings (SSSR count). The first-order valence-corrected chi connectivity index (χ1v) is 6.35. The number of primary amides is 1. The fourth-order valence-electron chi connectivity index (χ4n) is 1.61. The second-order valence-corrected chi connectivity index (χ2v) is 4.08. The molecule has 1 amide bonds. The van der Waals surface area contributed by atoms with Crippen molar-refractivity contribution in [3.05, 3.63) is 23.8 Å². The van der Waals surface area contributed by atoms with E-state index in [4.69, 9.17) is 5.73 Å². The maximum absolute atomic E-state index is 11.0. The number of unbranched alkanes of at least 4 members (excludes halogenated alkanes) is 6. The summed E-state index contributed by atoms with van der Waals surface area (Å²) < 4.78 is 0. The van der Waals surface area contributed by atoms with Crippen LogP contribution in [0, 0.1) is 0 Å². The van der Waals surface area contributed by atoms with E-state index in [1.165, 1.54) is 32.1 Å². The molecule has 0 heterocycles. The molecule has 0 spiro atoms. The minimum atomic E-state index is -0.330. The molecule has 2 nitrogen and oxygen atoms in total. The fourth-order valence-corrected chi connectivity index (χ4v) is 1.61. The molecule has 0 radical (unpaired) electrons. The summed E-state index contributed by atoms with van der Waals surface area (Å²) in [7, 11) is 0. The highest BCUT2D eigenvalue weighted by atomic mass is 16.1. The van der Waals surface area contributed by atoms with Crippen LogP contribution in [0.2, 0.25) is 0 Å². The Labute approximate surface area is 99.6 Å². The number of carbonyl (C=O) groups excluding carboxylic acids is 1. The summed E-state index contributed by atoms with van der Waals surface area (Å²) in [4.78, 5) is 11.0. The molecule has 0 fully saturated rings. The van der Waals surface area contributed by atoms with Crippen LogP contribution in [0.1, 0.15) is 58.8 Å². The summed E-state index contributed by atoms with van der Waals surface area (Å²) in [6, 6.07) is 0. The lowest BCUT2D eigenvalue weighted by Crippen LogP contribution is -2.12. The summed E-state index contributed by atoms with van der Waals surface area (Å²) in [6.45, 7) is 4.11. The van der Waals surface area contributed by atoms with Gasteiger partial charge in [-0.15, -0.1) is 0 Å². The van der Waals surface area contributed by atoms with Crippen LogP contribution in [-0.2, 0) is 4.79 Å². The van der Waals surface area contributed by atoms with Crippen molar-refractivity contribution in [1.29, 1.82) is 0 Å². The van der Waals surface area contributed by atoms with Gasteiger partial charge in [-0.3, -0.25) is 4.79 Å². The van der Waals surface area contributed by atoms with E-state index in [1.54, 1.807) is 6.08 Å². The van der Waals surface area contributed by atoms with E-state index in [0.717, 1.165) is 12.8 Å². The molecule has 0 aliphatic carbocycles. The van der Waals surface area contributed by atoms with Gasteiger partial charge in [-0.2, -0.15) is 0 Å². The minimum absolute atomic E-state index is 0.330. The van der Waals surface area contributed by atoms with Gasteiger partial charge in [0, 0.05) is 5.57 Å². The van der Waals surface area contributed by atoms with Gasteiger partial charge in [0.25, 0.3) is 0 Å². The number of hydrogen-bond acceptors (Lipinski definition) is 1. The molecule has 16 heavy (non-hydrogen) atoms. The normalized spacial score (nSPS) is 12.2. The molecule has 2 N–H and O–H groups in total. The van der Waals surface area contributed by atoms with E-state index in [2.05, 4.69) is 6.92 Å². The van der Waals surface area contributed by atoms with Crippen LogP contribution >= 0.6 is 0 Å². The molecule has 0 aromatic rings. The molecule has 0 aliphatic heterocycles. The predicted octanol–water partition coefficient (Wildman–Crippen LogP) is 3.72. The molecule has 0 saturated carbocycles. The molecule has 2 heteroatoms. The van der Waals surface area contributed by atoms with E-state index in [-0.39, 0.29) is 5.91 Å². The Morgan fingerprint density at radius 2 is 1.75 bits per heavy atom. The van der Waals surface area contributed by atoms with Crippen molar-refractivity contribution in [1.82, 2.24) is 0 Å². The van der Waals surface area contributed by atoms with Crippen LogP contribution in [0.25, 0.3) is 0 Å². The van der Waals surface area contributed by atoms with E-state index in [0.29, 0.717) is 5.57 Å². The quantitative estimate of drug-likeness (QED) is 0.361. The first-order chi connectivity index (χ1) is 7.72. The molecule has 0 aliphatic rings. The van der Waals surface area contributed by atoms with Gasteiger partial charge in [-0.05, 0) is 19.8 Å². The van der Waals surface area contributed by atoms with Gasteiger partial charge >= 0.3 is 0 Å². The molecule has 0 aromatic heterocycles. The average molecular weight is 223 g/mol. The van der Waals surface area contributed by atoms with E-state index in [1.807, 2.05) is 19.1 Å². The lowest BCUT2D eigenvalue weighted by molar-refractivity contribution is -0.114. The van der Waals surface area contributed by atoms with Crippen molar-refractivity contribution in [2.75, 3.05) is 0 Å². The zero-order valence-electron chi connectivity index (χ0n) is 10.7. The Morgan fingerprint density at radius 1 is 1.12 bits per heavy atom. The second-order valence-electron chi connectivity index (χ2n) is 4.08. The molecular weight excluding hydrogens is 198 g/mol. The van der Waals surface area contributed by atoms with Crippen LogP contribution < -0.4 is 5.73 Å². The monoisotopic (exact) mass is 223 g/mol. The predicted molar refractivity (Wildman–Crippen MR) is 70.1 cm³/mol. The van der Waals surface area contributed by atoms with Crippen molar-refractivity contribution in [2.24, 2.45) is 5.73 Å². The maximum atomic E-state index is 11.0. The Morgan fingerprint density at radius 3 is 2.31 bits per heavy atom. The van der Waals surface area contributed by atoms with Crippen LogP contribution in [0.3, 0.4) is 0 Å². The third-order valence-corrected chi connectivity index (χ3v) is 2.55. The van der Waals surface area contributed by atoms with E-state index in [9.17, 15) is 4.79 Å². The van der Waals surface area contributed by atoms with E-state index < -0.39 is 0 Å². The number of allylic oxidation sites excluding steroid dienone is 2. The standard InChI is InChI=1S/C14H25NO/c1-3-5-6-7-8-9-10-12-13(11-4-2)14(15)16/h4,11-12H,3,5-10H2,1-2H3,(H2,15,16). The van der Waals surface area contributed by atoms with Crippen molar-refractivity contribution >= 4 is 5.91 Å². The van der Waals surface area contributed by atoms with Gasteiger partial charge < -0.3 is 5.73 Å². The third-order valence-electron chi connectivity index (χ3n) is 2.55. The lowest BCUT2D eigenvalue weighted by atomic mass is 10.1. The zero-order chi connectivity index (χ0) is 12.2. The molecule has 0 atom stereocenters. The van der Waals surface area contributed by atoms with Crippen LogP contribution in [0.15, 0.2) is 23.8 Å². The van der Waals surface area contributed by atoms with E-state index >= 15 is 0 Å². The van der Waals surface area contributed by atoms with Crippen molar-refractivity contribution in [3.63, 3.8) is 0 Å². The number of hydrogen-bond donors (Lipinski definition) is 1. The van der Waals surface area contributed by atoms with Crippen LogP contribution in [0.5, 0.6) is 0 Å². The summed E-state index contributed by atoms with van der Waals surface area (Å²) in [5, 5.41) is 0. The molecular formula is C14H25NO. The van der Waals surface area contributed by atoms with Gasteiger partial charge in [-0.1, -0.05) is 57.3 Å². The zero-order valence-corrected chi connectivity index (χ0v) is 10.7. The summed E-state index contributed by atoms with van der Waals surface area (Å²) >= 11 is 0. The van der Waals surface area contributed by atoms with Crippen molar-refractivity contribution in [3.8, 4) is 0 Å². The van der Waals surface area contributed by atoms with Crippen molar-refractivity contribution in [2.45, 2.75) is 58.8 Å². The molecule has 0 unspecified atom stereocenters. The summed E-state index contributed by atoms with van der Waals surface area (Å²) in [5.41, 5.74) is 5.88. The first kappa shape index (κ1) is 14.9. The number of carbonyl (C=O) groups is 1. The Kier molecular flexibility index (Phi) is 9.78. The molecule has 0 aromatic carbocycles. The van der Waals surface area contributed by atoms with Gasteiger partial charge in [0.05, 0.1) is 0 Å². The average Bonchev–Trinajstić information content (AvgIpc) is 2.26. The molecule has 0 saturated heterocycles. The summed E-state index contributed by atoms with van der Waals surface area (Å²) in [5.74, 6) is -0.330. The van der Waals surface area contributed by atoms with Gasteiger partial charge in [0.2, 0.25) is 5.91 Å². The van der Waals surface area contributed by atoms with Gasteiger partial charge in [0.1, 0.15) is 0 Å². The number of rotatable bonds is 9. The molecule has 92 valence electrons. The highest BCUT2D eigenvalue weighted by Gasteiger charge is 1.98. The lowest BCUT2D eigenvalue weighted by Gasteiger charge is -1.99. The van der Waals surface area contributed by atoms with Gasteiger partial charge in [0.15, 0.2) is 0 Å². The Hall–Kier alpha value is -1.05. The van der Waals surface area contributed by atoms with Gasteiger partial charge in [-0.25, -0.2) is 0 Å². The third kappa shape index (κ3) is 8.27. The Balaban J connectivity index is 3.67. The highest BCUT2D eigenvalue weighted by Crippen LogP contribution is 2.08.